The van der Waals surface area contributed by atoms with Crippen LogP contribution in [0.3, 0.4) is 0 Å². The molecule has 210 valence electrons. The van der Waals surface area contributed by atoms with E-state index in [4.69, 9.17) is 20.1 Å². The summed E-state index contributed by atoms with van der Waals surface area (Å²) in [6.45, 7) is 0. The van der Waals surface area contributed by atoms with E-state index in [-0.39, 0.29) is 0 Å². The van der Waals surface area contributed by atoms with Crippen LogP contribution < -0.4 is 0 Å². The van der Waals surface area contributed by atoms with Gasteiger partial charge in [-0.05, 0) is 65.7 Å². The van der Waals surface area contributed by atoms with Crippen LogP contribution in [-0.2, 0) is 0 Å². The van der Waals surface area contributed by atoms with Crippen molar-refractivity contribution >= 4 is 38.2 Å². The van der Waals surface area contributed by atoms with Crippen LogP contribution in [-0.4, -0.2) is 24.6 Å². The molecule has 0 radical (unpaired) electrons. The summed E-state index contributed by atoms with van der Waals surface area (Å²) in [7, 11) is 0. The van der Waals surface area contributed by atoms with Crippen LogP contribution in [0.25, 0.3) is 83.4 Å². The van der Waals surface area contributed by atoms with Gasteiger partial charge in [-0.15, -0.1) is 0 Å². The van der Waals surface area contributed by atoms with Crippen LogP contribution in [0.5, 0.6) is 0 Å². The molecule has 5 nitrogen and oxygen atoms in total. The Balaban J connectivity index is 1.18. The molecule has 0 spiro atoms. The molecule has 0 bridgehead atoms. The summed E-state index contributed by atoms with van der Waals surface area (Å²) in [5.41, 5.74) is 11.5. The molecule has 5 heteroatoms. The molecule has 0 amide bonds. The largest absolute Gasteiger partial charge is 0.246 e. The number of aromatic nitrogens is 5. The standard InChI is InChI=1S/C40H25N5/c1-4-11-32-27(8-1)20-22-35(41-32)37-24-30(25-38(43-37)36-23-21-28-9-2-5-12-33(28)42-36)26-16-18-29(19-17-26)39-14-7-15-40-31-10-3-6-13-34(31)44-45(39)40/h1-25H. The van der Waals surface area contributed by atoms with Gasteiger partial charge in [-0.1, -0.05) is 97.1 Å². The quantitative estimate of drug-likeness (QED) is 0.210. The van der Waals surface area contributed by atoms with Crippen LogP contribution in [0.2, 0.25) is 0 Å². The molecule has 0 aliphatic heterocycles. The molecule has 0 atom stereocenters. The lowest BCUT2D eigenvalue weighted by atomic mass is 10.00. The van der Waals surface area contributed by atoms with E-state index in [0.717, 1.165) is 83.4 Å². The summed E-state index contributed by atoms with van der Waals surface area (Å²) >= 11 is 0. The third kappa shape index (κ3) is 4.41. The van der Waals surface area contributed by atoms with Gasteiger partial charge in [0.2, 0.25) is 0 Å². The third-order valence-electron chi connectivity index (χ3n) is 8.41. The minimum absolute atomic E-state index is 0.806. The zero-order valence-corrected chi connectivity index (χ0v) is 24.2. The Bertz CT molecular complexity index is 2450. The van der Waals surface area contributed by atoms with Crippen molar-refractivity contribution in [3.8, 4) is 45.2 Å². The third-order valence-corrected chi connectivity index (χ3v) is 8.41. The number of rotatable bonds is 4. The second-order valence-electron chi connectivity index (χ2n) is 11.2. The number of nitrogens with zero attached hydrogens (tertiary/aromatic N) is 5. The monoisotopic (exact) mass is 575 g/mol. The van der Waals surface area contributed by atoms with Crippen molar-refractivity contribution in [2.45, 2.75) is 0 Å². The summed E-state index contributed by atoms with van der Waals surface area (Å²) in [4.78, 5) is 15.0. The van der Waals surface area contributed by atoms with E-state index in [2.05, 4.69) is 97.1 Å². The average molecular weight is 576 g/mol. The van der Waals surface area contributed by atoms with Crippen LogP contribution in [0.4, 0.5) is 0 Å². The van der Waals surface area contributed by atoms with Crippen LogP contribution in [0.15, 0.2) is 152 Å². The fraction of sp³-hybridized carbons (Fsp3) is 0. The van der Waals surface area contributed by atoms with Gasteiger partial charge in [-0.2, -0.15) is 5.10 Å². The first-order valence-electron chi connectivity index (χ1n) is 15.0. The summed E-state index contributed by atoms with van der Waals surface area (Å²) < 4.78 is 2.04. The Morgan fingerprint density at radius 2 is 0.956 bits per heavy atom. The van der Waals surface area contributed by atoms with Crippen LogP contribution in [0, 0.1) is 0 Å². The van der Waals surface area contributed by atoms with E-state index in [1.165, 1.54) is 0 Å². The minimum Gasteiger partial charge on any atom is -0.246 e. The van der Waals surface area contributed by atoms with Gasteiger partial charge in [0.1, 0.15) is 0 Å². The molecule has 0 saturated heterocycles. The highest BCUT2D eigenvalue weighted by Crippen LogP contribution is 2.33. The lowest BCUT2D eigenvalue weighted by Gasteiger charge is -2.11. The molecule has 0 fully saturated rings. The van der Waals surface area contributed by atoms with Gasteiger partial charge < -0.3 is 0 Å². The molecule has 0 unspecified atom stereocenters. The van der Waals surface area contributed by atoms with Gasteiger partial charge in [0, 0.05) is 21.7 Å². The molecule has 45 heavy (non-hydrogen) atoms. The molecule has 0 saturated carbocycles. The molecule has 0 N–H and O–H groups in total. The molecule has 5 heterocycles. The first-order chi connectivity index (χ1) is 22.3. The van der Waals surface area contributed by atoms with Crippen molar-refractivity contribution in [3.05, 3.63) is 152 Å². The average Bonchev–Trinajstić information content (AvgIpc) is 3.50. The van der Waals surface area contributed by atoms with Gasteiger partial charge in [0.15, 0.2) is 0 Å². The molecule has 5 aromatic heterocycles. The zero-order chi connectivity index (χ0) is 29.7. The highest BCUT2D eigenvalue weighted by Gasteiger charge is 2.14. The zero-order valence-electron chi connectivity index (χ0n) is 24.2. The van der Waals surface area contributed by atoms with Crippen molar-refractivity contribution < 1.29 is 0 Å². The van der Waals surface area contributed by atoms with Crippen LogP contribution >= 0.6 is 0 Å². The Kier molecular flexibility index (Phi) is 5.74. The molecular weight excluding hydrogens is 550 g/mol. The molecule has 9 aromatic rings. The summed E-state index contributed by atoms with van der Waals surface area (Å²) in [5.74, 6) is 0. The fourth-order valence-electron chi connectivity index (χ4n) is 6.13. The number of hydrogen-bond donors (Lipinski definition) is 0. The lowest BCUT2D eigenvalue weighted by Crippen LogP contribution is -1.95. The highest BCUT2D eigenvalue weighted by molar-refractivity contribution is 5.95. The van der Waals surface area contributed by atoms with Gasteiger partial charge >= 0.3 is 0 Å². The van der Waals surface area contributed by atoms with E-state index in [0.29, 0.717) is 0 Å². The first kappa shape index (κ1) is 25.3. The van der Waals surface area contributed by atoms with Crippen molar-refractivity contribution in [3.63, 3.8) is 0 Å². The van der Waals surface area contributed by atoms with Crippen molar-refractivity contribution in [1.82, 2.24) is 24.6 Å². The SMILES string of the molecule is c1ccc2nc(-c3cc(-c4ccc(-c5cccc6c7ccccc7nn56)cc4)cc(-c4ccc5ccccc5n4)n3)ccc2c1. The van der Waals surface area contributed by atoms with Crippen molar-refractivity contribution in [1.29, 1.82) is 0 Å². The second-order valence-corrected chi connectivity index (χ2v) is 11.2. The Hall–Kier alpha value is -6.20. The molecule has 0 aliphatic rings. The van der Waals surface area contributed by atoms with E-state index >= 15 is 0 Å². The van der Waals surface area contributed by atoms with E-state index in [1.54, 1.807) is 0 Å². The molecule has 0 aliphatic carbocycles. The smallest absolute Gasteiger partial charge is 0.0934 e. The lowest BCUT2D eigenvalue weighted by molar-refractivity contribution is 0.990. The maximum atomic E-state index is 5.10. The first-order valence-corrected chi connectivity index (χ1v) is 15.0. The summed E-state index contributed by atoms with van der Waals surface area (Å²) in [6, 6.07) is 52.1. The van der Waals surface area contributed by atoms with Gasteiger partial charge in [0.25, 0.3) is 0 Å². The van der Waals surface area contributed by atoms with Gasteiger partial charge in [-0.3, -0.25) is 0 Å². The maximum absolute atomic E-state index is 5.10. The second kappa shape index (κ2) is 10.2. The van der Waals surface area contributed by atoms with E-state index in [1.807, 2.05) is 59.1 Å². The number of para-hydroxylation sites is 2. The number of hydrogen-bond acceptors (Lipinski definition) is 4. The molecular formula is C40H25N5. The topological polar surface area (TPSA) is 56.0 Å². The number of benzene rings is 4. The van der Waals surface area contributed by atoms with Gasteiger partial charge in [0.05, 0.1) is 50.5 Å². The summed E-state index contributed by atoms with van der Waals surface area (Å²) in [5, 5.41) is 8.25. The van der Waals surface area contributed by atoms with Crippen LogP contribution in [0.1, 0.15) is 0 Å². The number of fused-ring (bicyclic) bond motifs is 5. The minimum atomic E-state index is 0.806. The Morgan fingerprint density at radius 1 is 0.378 bits per heavy atom. The van der Waals surface area contributed by atoms with Crippen molar-refractivity contribution in [2.75, 3.05) is 0 Å². The molecule has 4 aromatic carbocycles. The molecule has 9 rings (SSSR count). The number of pyridine rings is 4. The highest BCUT2D eigenvalue weighted by atomic mass is 15.2. The fourth-order valence-corrected chi connectivity index (χ4v) is 6.13. The van der Waals surface area contributed by atoms with E-state index < -0.39 is 0 Å². The Morgan fingerprint density at radius 3 is 1.62 bits per heavy atom. The predicted octanol–water partition coefficient (Wildman–Crippen LogP) is 9.65. The van der Waals surface area contributed by atoms with Crippen molar-refractivity contribution in [2.24, 2.45) is 0 Å². The van der Waals surface area contributed by atoms with Gasteiger partial charge in [-0.25, -0.2) is 19.5 Å². The summed E-state index contributed by atoms with van der Waals surface area (Å²) in [6.07, 6.45) is 0. The normalized spacial score (nSPS) is 11.6. The van der Waals surface area contributed by atoms with E-state index in [9.17, 15) is 0 Å². The predicted molar refractivity (Wildman–Crippen MR) is 183 cm³/mol. The Labute approximate surface area is 259 Å². The maximum Gasteiger partial charge on any atom is 0.0934 e.